The van der Waals surface area contributed by atoms with E-state index in [9.17, 15) is 9.59 Å². The molecule has 1 rings (SSSR count). The van der Waals surface area contributed by atoms with Crippen LogP contribution in [0.15, 0.2) is 21.3 Å². The van der Waals surface area contributed by atoms with Crippen LogP contribution in [0, 0.1) is 0 Å². The van der Waals surface area contributed by atoms with Gasteiger partial charge >= 0.3 is 11.6 Å². The molecule has 0 aliphatic rings. The molecule has 0 saturated heterocycles. The van der Waals surface area contributed by atoms with Crippen LogP contribution in [-0.4, -0.2) is 18.2 Å². The maximum Gasteiger partial charge on any atom is 0.379 e. The van der Waals surface area contributed by atoms with E-state index < -0.39 is 17.3 Å². The van der Waals surface area contributed by atoms with Gasteiger partial charge in [0.2, 0.25) is 11.5 Å². The molecule has 0 radical (unpaired) electrons. The summed E-state index contributed by atoms with van der Waals surface area (Å²) in [6.07, 6.45) is 0. The Kier molecular flexibility index (Phi) is 2.14. The minimum absolute atomic E-state index is 0.236. The fourth-order valence-corrected chi connectivity index (χ4v) is 0.619. The van der Waals surface area contributed by atoms with E-state index in [1.807, 2.05) is 0 Å². The summed E-state index contributed by atoms with van der Waals surface area (Å²) in [4.78, 5) is 21.4. The van der Waals surface area contributed by atoms with Gasteiger partial charge < -0.3 is 14.3 Å². The first-order valence-electron chi connectivity index (χ1n) is 3.06. The second kappa shape index (κ2) is 3.08. The number of aromatic hydroxyl groups is 1. The maximum atomic E-state index is 10.7. The molecular formula is C7H6O5. The van der Waals surface area contributed by atoms with Crippen LogP contribution in [-0.2, 0) is 4.74 Å². The zero-order valence-electron chi connectivity index (χ0n) is 6.23. The quantitative estimate of drug-likeness (QED) is 0.606. The number of esters is 1. The van der Waals surface area contributed by atoms with Crippen molar-refractivity contribution < 1.29 is 19.1 Å². The summed E-state index contributed by atoms with van der Waals surface area (Å²) in [7, 11) is 1.16. The summed E-state index contributed by atoms with van der Waals surface area (Å²) in [5, 5.41) is 8.74. The van der Waals surface area contributed by atoms with Crippen molar-refractivity contribution in [3.63, 3.8) is 0 Å². The Bertz CT molecular complexity index is 351. The number of carbonyl (C=O) groups is 1. The molecule has 0 aliphatic heterocycles. The van der Waals surface area contributed by atoms with E-state index >= 15 is 0 Å². The fraction of sp³-hybridized carbons (Fsp3) is 0.143. The summed E-state index contributed by atoms with van der Waals surface area (Å²) in [6, 6.07) is 2.22. The number of methoxy groups -OCH3 is 1. The number of rotatable bonds is 1. The van der Waals surface area contributed by atoms with Gasteiger partial charge in [0.05, 0.1) is 7.11 Å². The van der Waals surface area contributed by atoms with Gasteiger partial charge in [0.1, 0.15) is 0 Å². The van der Waals surface area contributed by atoms with Gasteiger partial charge in [-0.05, 0) is 12.1 Å². The highest BCUT2D eigenvalue weighted by Gasteiger charge is 2.09. The topological polar surface area (TPSA) is 76.7 Å². The van der Waals surface area contributed by atoms with Crippen molar-refractivity contribution in [2.75, 3.05) is 7.11 Å². The Morgan fingerprint density at radius 3 is 2.75 bits per heavy atom. The highest BCUT2D eigenvalue weighted by molar-refractivity contribution is 5.85. The van der Waals surface area contributed by atoms with Gasteiger partial charge in [0, 0.05) is 0 Å². The van der Waals surface area contributed by atoms with Gasteiger partial charge in [-0.3, -0.25) is 0 Å². The summed E-state index contributed by atoms with van der Waals surface area (Å²) in [5.74, 6) is -1.53. The summed E-state index contributed by atoms with van der Waals surface area (Å²) >= 11 is 0. The summed E-state index contributed by atoms with van der Waals surface area (Å²) in [6.45, 7) is 0. The van der Waals surface area contributed by atoms with Crippen LogP contribution >= 0.6 is 0 Å². The van der Waals surface area contributed by atoms with Crippen LogP contribution in [0.25, 0.3) is 0 Å². The first kappa shape index (κ1) is 8.32. The van der Waals surface area contributed by atoms with E-state index in [1.165, 1.54) is 0 Å². The number of hydrogen-bond acceptors (Lipinski definition) is 5. The highest BCUT2D eigenvalue weighted by atomic mass is 16.5. The van der Waals surface area contributed by atoms with Crippen molar-refractivity contribution in [1.29, 1.82) is 0 Å². The third-order valence-electron chi connectivity index (χ3n) is 1.19. The third kappa shape index (κ3) is 1.45. The smallest absolute Gasteiger partial charge is 0.379 e. The van der Waals surface area contributed by atoms with Crippen LogP contribution in [0.1, 0.15) is 10.6 Å². The molecule has 1 heterocycles. The second-order valence-corrected chi connectivity index (χ2v) is 1.96. The van der Waals surface area contributed by atoms with Crippen molar-refractivity contribution in [2.24, 2.45) is 0 Å². The molecule has 12 heavy (non-hydrogen) atoms. The third-order valence-corrected chi connectivity index (χ3v) is 1.19. The molecule has 0 bridgehead atoms. The Morgan fingerprint density at radius 2 is 2.25 bits per heavy atom. The molecule has 0 amide bonds. The SMILES string of the molecule is COC(=O)c1ccc(O)c(=O)o1. The lowest BCUT2D eigenvalue weighted by molar-refractivity contribution is 0.0559. The van der Waals surface area contributed by atoms with Crippen LogP contribution < -0.4 is 5.63 Å². The molecule has 0 aliphatic carbocycles. The predicted molar refractivity (Wildman–Crippen MR) is 38.0 cm³/mol. The van der Waals surface area contributed by atoms with Gasteiger partial charge in [-0.1, -0.05) is 0 Å². The van der Waals surface area contributed by atoms with Crippen LogP contribution in [0.4, 0.5) is 0 Å². The van der Waals surface area contributed by atoms with Crippen molar-refractivity contribution in [2.45, 2.75) is 0 Å². The molecule has 5 heteroatoms. The van der Waals surface area contributed by atoms with E-state index in [-0.39, 0.29) is 5.76 Å². The second-order valence-electron chi connectivity index (χ2n) is 1.96. The average molecular weight is 170 g/mol. The van der Waals surface area contributed by atoms with E-state index in [0.29, 0.717) is 0 Å². The average Bonchev–Trinajstić information content (AvgIpc) is 2.08. The van der Waals surface area contributed by atoms with Gasteiger partial charge in [-0.2, -0.15) is 0 Å². The zero-order valence-corrected chi connectivity index (χ0v) is 6.23. The Labute approximate surface area is 67.2 Å². The Morgan fingerprint density at radius 1 is 1.58 bits per heavy atom. The first-order chi connectivity index (χ1) is 5.65. The molecular weight excluding hydrogens is 164 g/mol. The molecule has 1 aromatic rings. The standard InChI is InChI=1S/C7H6O5/c1-11-7(10)5-3-2-4(8)6(9)12-5/h2-3,8H,1H3. The first-order valence-corrected chi connectivity index (χ1v) is 3.06. The summed E-state index contributed by atoms with van der Waals surface area (Å²) < 4.78 is 8.66. The molecule has 0 unspecified atom stereocenters. The molecule has 1 N–H and O–H groups in total. The largest absolute Gasteiger partial charge is 0.502 e. The zero-order chi connectivity index (χ0) is 9.14. The van der Waals surface area contributed by atoms with E-state index in [1.54, 1.807) is 0 Å². The van der Waals surface area contributed by atoms with Crippen molar-refractivity contribution in [1.82, 2.24) is 0 Å². The van der Waals surface area contributed by atoms with E-state index in [2.05, 4.69) is 9.15 Å². The molecule has 0 atom stereocenters. The lowest BCUT2D eigenvalue weighted by atomic mass is 10.4. The maximum absolute atomic E-state index is 10.7. The molecule has 64 valence electrons. The number of ether oxygens (including phenoxy) is 1. The molecule has 0 spiro atoms. The summed E-state index contributed by atoms with van der Waals surface area (Å²) in [5.41, 5.74) is -0.960. The molecule has 0 aromatic carbocycles. The molecule has 1 aromatic heterocycles. The van der Waals surface area contributed by atoms with Gasteiger partial charge in [-0.15, -0.1) is 0 Å². The Hall–Kier alpha value is -1.78. The van der Waals surface area contributed by atoms with Crippen LogP contribution in [0.3, 0.4) is 0 Å². The van der Waals surface area contributed by atoms with E-state index in [0.717, 1.165) is 19.2 Å². The predicted octanol–water partition coefficient (Wildman–Crippen LogP) is 0.132. The molecule has 0 saturated carbocycles. The van der Waals surface area contributed by atoms with Crippen LogP contribution in [0.5, 0.6) is 5.75 Å². The van der Waals surface area contributed by atoms with Crippen molar-refractivity contribution in [3.8, 4) is 5.75 Å². The lowest BCUT2D eigenvalue weighted by Gasteiger charge is -1.95. The fourth-order valence-electron chi connectivity index (χ4n) is 0.619. The minimum atomic E-state index is -0.960. The lowest BCUT2D eigenvalue weighted by Crippen LogP contribution is -2.06. The van der Waals surface area contributed by atoms with Gasteiger partial charge in [0.15, 0.2) is 0 Å². The van der Waals surface area contributed by atoms with Gasteiger partial charge in [-0.25, -0.2) is 9.59 Å². The van der Waals surface area contributed by atoms with E-state index in [4.69, 9.17) is 5.11 Å². The Balaban J connectivity index is 3.13. The normalized spacial score (nSPS) is 9.42. The number of carbonyl (C=O) groups excluding carboxylic acids is 1. The monoisotopic (exact) mass is 170 g/mol. The molecule has 5 nitrogen and oxygen atoms in total. The van der Waals surface area contributed by atoms with Crippen LogP contribution in [0.2, 0.25) is 0 Å². The van der Waals surface area contributed by atoms with Crippen molar-refractivity contribution >= 4 is 5.97 Å². The minimum Gasteiger partial charge on any atom is -0.502 e. The van der Waals surface area contributed by atoms with Crippen molar-refractivity contribution in [3.05, 3.63) is 28.3 Å². The van der Waals surface area contributed by atoms with Gasteiger partial charge in [0.25, 0.3) is 0 Å². The highest BCUT2D eigenvalue weighted by Crippen LogP contribution is 2.03. The number of hydrogen-bond donors (Lipinski definition) is 1. The molecule has 0 fully saturated rings.